The highest BCUT2D eigenvalue weighted by molar-refractivity contribution is 5.85. The molecule has 112 valence electrons. The molecule has 1 saturated heterocycles. The molecular formula is C15H23ClN2O2. The number of likely N-dealkylation sites (tertiary alicyclic amines) is 1. The van der Waals surface area contributed by atoms with E-state index in [0.29, 0.717) is 5.92 Å². The second kappa shape index (κ2) is 8.25. The van der Waals surface area contributed by atoms with E-state index in [0.717, 1.165) is 31.6 Å². The molecule has 0 aliphatic carbocycles. The van der Waals surface area contributed by atoms with Crippen molar-refractivity contribution in [2.45, 2.75) is 12.5 Å². The monoisotopic (exact) mass is 298 g/mol. The number of halogens is 1. The van der Waals surface area contributed by atoms with Gasteiger partial charge in [0, 0.05) is 20.2 Å². The summed E-state index contributed by atoms with van der Waals surface area (Å²) in [4.78, 5) is 14.4. The van der Waals surface area contributed by atoms with Crippen LogP contribution in [-0.2, 0) is 9.53 Å². The highest BCUT2D eigenvalue weighted by Gasteiger charge is 2.31. The molecular weight excluding hydrogens is 276 g/mol. The van der Waals surface area contributed by atoms with Crippen molar-refractivity contribution in [3.05, 3.63) is 35.9 Å². The summed E-state index contributed by atoms with van der Waals surface area (Å²) in [6.07, 6.45) is 0.590. The summed E-state index contributed by atoms with van der Waals surface area (Å²) in [7, 11) is 3.54. The number of hydrogen-bond donors (Lipinski definition) is 1. The topological polar surface area (TPSA) is 41.6 Å². The first-order valence-electron chi connectivity index (χ1n) is 6.77. The van der Waals surface area contributed by atoms with E-state index in [2.05, 4.69) is 5.32 Å². The Morgan fingerprint density at radius 1 is 1.45 bits per heavy atom. The molecule has 1 heterocycles. The first-order chi connectivity index (χ1) is 9.26. The van der Waals surface area contributed by atoms with Gasteiger partial charge in [0.05, 0.1) is 0 Å². The number of carbonyl (C=O) groups is 1. The zero-order valence-corrected chi connectivity index (χ0v) is 12.9. The molecule has 1 aliphatic rings. The predicted molar refractivity (Wildman–Crippen MR) is 82.1 cm³/mol. The fourth-order valence-corrected chi connectivity index (χ4v) is 2.66. The largest absolute Gasteiger partial charge is 0.367 e. The number of amides is 1. The van der Waals surface area contributed by atoms with Crippen LogP contribution in [0.4, 0.5) is 0 Å². The van der Waals surface area contributed by atoms with Crippen LogP contribution < -0.4 is 5.32 Å². The molecule has 2 rings (SSSR count). The molecule has 0 bridgehead atoms. The Morgan fingerprint density at radius 2 is 2.15 bits per heavy atom. The van der Waals surface area contributed by atoms with Gasteiger partial charge in [0.1, 0.15) is 0 Å². The molecule has 4 nitrogen and oxygen atoms in total. The first-order valence-corrected chi connectivity index (χ1v) is 6.77. The summed E-state index contributed by atoms with van der Waals surface area (Å²) < 4.78 is 5.40. The minimum atomic E-state index is -0.477. The molecule has 20 heavy (non-hydrogen) atoms. The lowest BCUT2D eigenvalue weighted by Gasteiger charge is -2.23. The summed E-state index contributed by atoms with van der Waals surface area (Å²) in [6.45, 7) is 2.62. The molecule has 1 aromatic carbocycles. The third kappa shape index (κ3) is 3.95. The van der Waals surface area contributed by atoms with Gasteiger partial charge in [-0.15, -0.1) is 12.4 Å². The van der Waals surface area contributed by atoms with Crippen molar-refractivity contribution in [2.24, 2.45) is 5.92 Å². The van der Waals surface area contributed by atoms with E-state index in [1.54, 1.807) is 7.11 Å². The smallest absolute Gasteiger partial charge is 0.256 e. The maximum Gasteiger partial charge on any atom is 0.256 e. The zero-order chi connectivity index (χ0) is 13.7. The molecule has 0 radical (unpaired) electrons. The van der Waals surface area contributed by atoms with Gasteiger partial charge in [-0.1, -0.05) is 30.3 Å². The highest BCUT2D eigenvalue weighted by atomic mass is 35.5. The van der Waals surface area contributed by atoms with Gasteiger partial charge in [0.25, 0.3) is 5.91 Å². The Bertz CT molecular complexity index is 414. The Balaban J connectivity index is 0.00000200. The molecule has 5 heteroatoms. The summed E-state index contributed by atoms with van der Waals surface area (Å²) in [6, 6.07) is 9.69. The lowest BCUT2D eigenvalue weighted by molar-refractivity contribution is -0.141. The SMILES string of the molecule is CNCC1CCN(C(=O)C(OC)c2ccccc2)C1.Cl. The Kier molecular flexibility index (Phi) is 6.99. The summed E-state index contributed by atoms with van der Waals surface area (Å²) in [5.41, 5.74) is 0.923. The second-order valence-corrected chi connectivity index (χ2v) is 5.02. The highest BCUT2D eigenvalue weighted by Crippen LogP contribution is 2.23. The van der Waals surface area contributed by atoms with Crippen LogP contribution >= 0.6 is 12.4 Å². The van der Waals surface area contributed by atoms with E-state index in [1.807, 2.05) is 42.3 Å². The molecule has 0 saturated carbocycles. The van der Waals surface area contributed by atoms with E-state index < -0.39 is 6.10 Å². The number of nitrogens with one attached hydrogen (secondary N) is 1. The third-order valence-electron chi connectivity index (χ3n) is 3.65. The quantitative estimate of drug-likeness (QED) is 0.902. The van der Waals surface area contributed by atoms with E-state index in [-0.39, 0.29) is 18.3 Å². The summed E-state index contributed by atoms with van der Waals surface area (Å²) >= 11 is 0. The summed E-state index contributed by atoms with van der Waals surface area (Å²) in [5, 5.41) is 3.17. The molecule has 0 spiro atoms. The number of benzene rings is 1. The van der Waals surface area contributed by atoms with Gasteiger partial charge < -0.3 is 15.0 Å². The molecule has 1 fully saturated rings. The Morgan fingerprint density at radius 3 is 2.75 bits per heavy atom. The van der Waals surface area contributed by atoms with Crippen molar-refractivity contribution in [3.8, 4) is 0 Å². The van der Waals surface area contributed by atoms with Crippen LogP contribution in [0.2, 0.25) is 0 Å². The van der Waals surface area contributed by atoms with Gasteiger partial charge in [0.15, 0.2) is 6.10 Å². The number of carbonyl (C=O) groups excluding carboxylic acids is 1. The maximum atomic E-state index is 12.5. The van der Waals surface area contributed by atoms with Crippen LogP contribution in [-0.4, -0.2) is 44.6 Å². The van der Waals surface area contributed by atoms with Crippen LogP contribution in [0, 0.1) is 5.92 Å². The molecule has 2 atom stereocenters. The van der Waals surface area contributed by atoms with Crippen LogP contribution in [0.15, 0.2) is 30.3 Å². The zero-order valence-electron chi connectivity index (χ0n) is 12.0. The molecule has 2 unspecified atom stereocenters. The Hall–Kier alpha value is -1.10. The predicted octanol–water partition coefficient (Wildman–Crippen LogP) is 1.86. The van der Waals surface area contributed by atoms with E-state index >= 15 is 0 Å². The number of rotatable bonds is 5. The molecule has 1 aliphatic heterocycles. The average molecular weight is 299 g/mol. The normalized spacial score (nSPS) is 19.5. The van der Waals surface area contributed by atoms with Gasteiger partial charge in [-0.25, -0.2) is 0 Å². The second-order valence-electron chi connectivity index (χ2n) is 5.02. The number of nitrogens with zero attached hydrogens (tertiary/aromatic N) is 1. The maximum absolute atomic E-state index is 12.5. The fourth-order valence-electron chi connectivity index (χ4n) is 2.66. The number of hydrogen-bond acceptors (Lipinski definition) is 3. The molecule has 0 aromatic heterocycles. The van der Waals surface area contributed by atoms with Crippen molar-refractivity contribution in [2.75, 3.05) is 33.8 Å². The number of ether oxygens (including phenoxy) is 1. The van der Waals surface area contributed by atoms with E-state index in [4.69, 9.17) is 4.74 Å². The van der Waals surface area contributed by atoms with Crippen molar-refractivity contribution in [3.63, 3.8) is 0 Å². The van der Waals surface area contributed by atoms with Gasteiger partial charge >= 0.3 is 0 Å². The molecule has 1 N–H and O–H groups in total. The van der Waals surface area contributed by atoms with Crippen molar-refractivity contribution >= 4 is 18.3 Å². The minimum absolute atomic E-state index is 0. The molecule has 1 aromatic rings. The first kappa shape index (κ1) is 17.0. The lowest BCUT2D eigenvalue weighted by Crippen LogP contribution is -2.35. The molecule has 1 amide bonds. The minimum Gasteiger partial charge on any atom is -0.367 e. The van der Waals surface area contributed by atoms with Crippen molar-refractivity contribution in [1.82, 2.24) is 10.2 Å². The number of methoxy groups -OCH3 is 1. The lowest BCUT2D eigenvalue weighted by atomic mass is 10.1. The van der Waals surface area contributed by atoms with Gasteiger partial charge in [-0.05, 0) is 31.5 Å². The summed E-state index contributed by atoms with van der Waals surface area (Å²) in [5.74, 6) is 0.634. The Labute approximate surface area is 126 Å². The van der Waals surface area contributed by atoms with Crippen LogP contribution in [0.25, 0.3) is 0 Å². The fraction of sp³-hybridized carbons (Fsp3) is 0.533. The van der Waals surface area contributed by atoms with Crippen molar-refractivity contribution in [1.29, 1.82) is 0 Å². The standard InChI is InChI=1S/C15H22N2O2.ClH/c1-16-10-12-8-9-17(11-12)15(18)14(19-2)13-6-4-3-5-7-13;/h3-7,12,14,16H,8-11H2,1-2H3;1H. The van der Waals surface area contributed by atoms with E-state index in [1.165, 1.54) is 0 Å². The van der Waals surface area contributed by atoms with Crippen LogP contribution in [0.5, 0.6) is 0 Å². The van der Waals surface area contributed by atoms with Gasteiger partial charge in [0.2, 0.25) is 0 Å². The van der Waals surface area contributed by atoms with Gasteiger partial charge in [-0.2, -0.15) is 0 Å². The van der Waals surface area contributed by atoms with Crippen LogP contribution in [0.3, 0.4) is 0 Å². The van der Waals surface area contributed by atoms with Gasteiger partial charge in [-0.3, -0.25) is 4.79 Å². The van der Waals surface area contributed by atoms with Crippen molar-refractivity contribution < 1.29 is 9.53 Å². The van der Waals surface area contributed by atoms with E-state index in [9.17, 15) is 4.79 Å². The average Bonchev–Trinajstić information content (AvgIpc) is 2.90. The third-order valence-corrected chi connectivity index (χ3v) is 3.65. The van der Waals surface area contributed by atoms with Crippen LogP contribution in [0.1, 0.15) is 18.1 Å².